The van der Waals surface area contributed by atoms with E-state index < -0.39 is 5.91 Å². The number of anilines is 2. The molecule has 0 aromatic carbocycles. The van der Waals surface area contributed by atoms with Crippen LogP contribution in [-0.2, 0) is 0 Å². The summed E-state index contributed by atoms with van der Waals surface area (Å²) in [6, 6.07) is 1.79. The molecular weight excluding hydrogens is 382 g/mol. The van der Waals surface area contributed by atoms with E-state index in [2.05, 4.69) is 25.7 Å². The molecule has 28 heavy (non-hydrogen) atoms. The number of primary amides is 1. The summed E-state index contributed by atoms with van der Waals surface area (Å²) in [4.78, 5) is 20.3. The number of nitrogens with zero attached hydrogens (tertiary/aromatic N) is 4. The number of amides is 1. The molecule has 3 aromatic heterocycles. The topological polar surface area (TPSA) is 119 Å². The van der Waals surface area contributed by atoms with Crippen molar-refractivity contribution in [3.8, 4) is 5.75 Å². The Kier molecular flexibility index (Phi) is 3.88. The molecule has 0 unspecified atom stereocenters. The molecule has 5 rings (SSSR count). The van der Waals surface area contributed by atoms with E-state index in [1.54, 1.807) is 24.7 Å². The number of carbonyl (C=O) groups is 1. The SMILES string of the molecule is NC(=O)c1c(Nc2cnccc2OC2CC3(CCN3)C2)nn2cc(Cl)cnc12. The lowest BCUT2D eigenvalue weighted by atomic mass is 9.68. The highest BCUT2D eigenvalue weighted by atomic mass is 35.5. The Labute approximate surface area is 165 Å². The van der Waals surface area contributed by atoms with Gasteiger partial charge in [-0.2, -0.15) is 0 Å². The third-order valence-corrected chi connectivity index (χ3v) is 5.55. The van der Waals surface area contributed by atoms with Crippen LogP contribution in [0.15, 0.2) is 30.9 Å². The average molecular weight is 400 g/mol. The highest BCUT2D eigenvalue weighted by Crippen LogP contribution is 2.42. The van der Waals surface area contributed by atoms with Crippen molar-refractivity contribution in [3.63, 3.8) is 0 Å². The number of aromatic nitrogens is 4. The van der Waals surface area contributed by atoms with Gasteiger partial charge in [0.2, 0.25) is 0 Å². The van der Waals surface area contributed by atoms with E-state index >= 15 is 0 Å². The molecule has 3 aromatic rings. The minimum absolute atomic E-state index is 0.146. The molecule has 1 saturated heterocycles. The third kappa shape index (κ3) is 2.83. The Balaban J connectivity index is 1.43. The molecule has 2 aliphatic rings. The molecule has 0 atom stereocenters. The highest BCUT2D eigenvalue weighted by Gasteiger charge is 2.49. The van der Waals surface area contributed by atoms with Crippen LogP contribution in [0.5, 0.6) is 5.75 Å². The van der Waals surface area contributed by atoms with Crippen molar-refractivity contribution >= 4 is 34.7 Å². The first-order valence-corrected chi connectivity index (χ1v) is 9.37. The van der Waals surface area contributed by atoms with E-state index in [1.165, 1.54) is 17.1 Å². The molecule has 4 heterocycles. The van der Waals surface area contributed by atoms with Gasteiger partial charge in [0.1, 0.15) is 23.1 Å². The zero-order valence-corrected chi connectivity index (χ0v) is 15.6. The predicted octanol–water partition coefficient (Wildman–Crippen LogP) is 1.89. The first-order valence-electron chi connectivity index (χ1n) is 8.99. The molecule has 1 aliphatic heterocycles. The largest absolute Gasteiger partial charge is 0.488 e. The van der Waals surface area contributed by atoms with Crippen LogP contribution in [0.4, 0.5) is 11.5 Å². The molecule has 2 fully saturated rings. The molecule has 1 saturated carbocycles. The molecule has 1 amide bonds. The van der Waals surface area contributed by atoms with Crippen LogP contribution in [0.2, 0.25) is 5.02 Å². The van der Waals surface area contributed by atoms with Gasteiger partial charge in [-0.05, 0) is 13.0 Å². The van der Waals surface area contributed by atoms with Crippen molar-refractivity contribution in [1.82, 2.24) is 24.9 Å². The lowest BCUT2D eigenvalue weighted by Crippen LogP contribution is -2.67. The van der Waals surface area contributed by atoms with E-state index in [-0.39, 0.29) is 23.0 Å². The normalized spacial score (nSPS) is 23.2. The Hall–Kier alpha value is -2.91. The van der Waals surface area contributed by atoms with Gasteiger partial charge in [-0.25, -0.2) is 9.50 Å². The summed E-state index contributed by atoms with van der Waals surface area (Å²) >= 11 is 5.97. The Morgan fingerprint density at radius 3 is 2.96 bits per heavy atom. The van der Waals surface area contributed by atoms with Gasteiger partial charge >= 0.3 is 0 Å². The quantitative estimate of drug-likeness (QED) is 0.599. The number of hydrogen-bond acceptors (Lipinski definition) is 7. The van der Waals surface area contributed by atoms with Crippen molar-refractivity contribution < 1.29 is 9.53 Å². The molecule has 0 radical (unpaired) electrons. The van der Waals surface area contributed by atoms with Gasteiger partial charge < -0.3 is 21.1 Å². The van der Waals surface area contributed by atoms with Crippen LogP contribution in [0.25, 0.3) is 5.65 Å². The second-order valence-corrected chi connectivity index (χ2v) is 7.67. The Bertz CT molecular complexity index is 1070. The summed E-state index contributed by atoms with van der Waals surface area (Å²) in [5, 5.41) is 11.3. The molecule has 144 valence electrons. The predicted molar refractivity (Wildman–Crippen MR) is 103 cm³/mol. The molecule has 9 nitrogen and oxygen atoms in total. The van der Waals surface area contributed by atoms with Gasteiger partial charge in [0.05, 0.1) is 17.4 Å². The van der Waals surface area contributed by atoms with Crippen molar-refractivity contribution in [2.45, 2.75) is 30.9 Å². The van der Waals surface area contributed by atoms with Crippen LogP contribution >= 0.6 is 11.6 Å². The fourth-order valence-corrected chi connectivity index (χ4v) is 3.98. The summed E-state index contributed by atoms with van der Waals surface area (Å²) < 4.78 is 7.56. The van der Waals surface area contributed by atoms with Crippen LogP contribution in [0, 0.1) is 0 Å². The minimum atomic E-state index is -0.643. The average Bonchev–Trinajstić information content (AvgIpc) is 2.94. The van der Waals surface area contributed by atoms with Gasteiger partial charge in [-0.1, -0.05) is 11.6 Å². The maximum absolute atomic E-state index is 12.0. The van der Waals surface area contributed by atoms with Crippen molar-refractivity contribution in [2.75, 3.05) is 11.9 Å². The van der Waals surface area contributed by atoms with Gasteiger partial charge in [0.15, 0.2) is 11.5 Å². The zero-order valence-electron chi connectivity index (χ0n) is 14.9. The minimum Gasteiger partial charge on any atom is -0.488 e. The second kappa shape index (κ2) is 6.32. The zero-order chi connectivity index (χ0) is 19.3. The summed E-state index contributed by atoms with van der Waals surface area (Å²) in [6.07, 6.45) is 9.60. The van der Waals surface area contributed by atoms with Crippen LogP contribution in [0.1, 0.15) is 29.6 Å². The van der Waals surface area contributed by atoms with Crippen molar-refractivity contribution in [2.24, 2.45) is 5.73 Å². The number of nitrogens with one attached hydrogen (secondary N) is 2. The smallest absolute Gasteiger partial charge is 0.256 e. The molecule has 10 heteroatoms. The standard InChI is InChI=1S/C18H18ClN7O2/c19-10-7-22-17-14(15(20)27)16(25-26(17)9-10)24-12-8-21-3-1-13(12)28-11-5-18(6-11)2-4-23-18/h1,3,7-9,11,23H,2,4-6H2,(H2,20,27)(H,24,25). The maximum atomic E-state index is 12.0. The number of pyridine rings is 1. The highest BCUT2D eigenvalue weighted by molar-refractivity contribution is 6.30. The van der Waals surface area contributed by atoms with E-state index in [0.29, 0.717) is 22.1 Å². The molecule has 0 bridgehead atoms. The van der Waals surface area contributed by atoms with Gasteiger partial charge in [0, 0.05) is 36.8 Å². The first-order chi connectivity index (χ1) is 13.5. The molecule has 4 N–H and O–H groups in total. The number of fused-ring (bicyclic) bond motifs is 1. The number of ether oxygens (including phenoxy) is 1. The van der Waals surface area contributed by atoms with E-state index in [0.717, 1.165) is 19.4 Å². The van der Waals surface area contributed by atoms with Gasteiger partial charge in [-0.3, -0.25) is 9.78 Å². The molecule has 1 spiro atoms. The van der Waals surface area contributed by atoms with Crippen LogP contribution in [-0.4, -0.2) is 43.7 Å². The first kappa shape index (κ1) is 17.2. The number of halogens is 1. The summed E-state index contributed by atoms with van der Waals surface area (Å²) in [7, 11) is 0. The summed E-state index contributed by atoms with van der Waals surface area (Å²) in [5.41, 5.74) is 6.93. The van der Waals surface area contributed by atoms with Crippen molar-refractivity contribution in [3.05, 3.63) is 41.4 Å². The second-order valence-electron chi connectivity index (χ2n) is 7.23. The van der Waals surface area contributed by atoms with Crippen LogP contribution < -0.4 is 21.1 Å². The summed E-state index contributed by atoms with van der Waals surface area (Å²) in [5.74, 6) is 0.272. The van der Waals surface area contributed by atoms with Gasteiger partial charge in [0.25, 0.3) is 5.91 Å². The van der Waals surface area contributed by atoms with E-state index in [9.17, 15) is 4.79 Å². The lowest BCUT2D eigenvalue weighted by Gasteiger charge is -2.54. The lowest BCUT2D eigenvalue weighted by molar-refractivity contribution is -0.0183. The van der Waals surface area contributed by atoms with E-state index in [4.69, 9.17) is 22.1 Å². The Morgan fingerprint density at radius 1 is 1.43 bits per heavy atom. The van der Waals surface area contributed by atoms with Gasteiger partial charge in [-0.15, -0.1) is 5.10 Å². The molecule has 1 aliphatic carbocycles. The number of rotatable bonds is 5. The Morgan fingerprint density at radius 2 is 2.25 bits per heavy atom. The fraction of sp³-hybridized carbons (Fsp3) is 0.333. The van der Waals surface area contributed by atoms with Crippen molar-refractivity contribution in [1.29, 1.82) is 0 Å². The van der Waals surface area contributed by atoms with Crippen LogP contribution in [0.3, 0.4) is 0 Å². The fourth-order valence-electron chi connectivity index (χ4n) is 3.83. The third-order valence-electron chi connectivity index (χ3n) is 5.36. The number of hydrogen-bond donors (Lipinski definition) is 3. The molecular formula is C18H18ClN7O2. The number of nitrogens with two attached hydrogens (primary N) is 1. The monoisotopic (exact) mass is 399 g/mol. The maximum Gasteiger partial charge on any atom is 0.256 e. The van der Waals surface area contributed by atoms with E-state index in [1.807, 2.05) is 0 Å². The number of carbonyl (C=O) groups excluding carboxylic acids is 1. The summed E-state index contributed by atoms with van der Waals surface area (Å²) in [6.45, 7) is 1.08.